The molecule has 0 amide bonds. The Morgan fingerprint density at radius 3 is 2.76 bits per heavy atom. The molecule has 2 aliphatic rings. The Bertz CT molecular complexity index is 610. The number of nitrogens with zero attached hydrogens (tertiary/aromatic N) is 1. The topological polar surface area (TPSA) is 76.1 Å². The second-order valence-corrected chi connectivity index (χ2v) is 5.90. The van der Waals surface area contributed by atoms with Crippen LogP contribution in [0, 0.1) is 34.9 Å². The molecule has 3 rings (SSSR count). The van der Waals surface area contributed by atoms with Crippen molar-refractivity contribution >= 4 is 5.97 Å². The number of hydrogen-bond acceptors (Lipinski definition) is 4. The first-order valence-electron chi connectivity index (χ1n) is 7.14. The van der Waals surface area contributed by atoms with Gasteiger partial charge in [0.1, 0.15) is 11.4 Å². The summed E-state index contributed by atoms with van der Waals surface area (Å²) in [6.07, 6.45) is 0.500. The highest BCUT2D eigenvalue weighted by Gasteiger charge is 2.72. The lowest BCUT2D eigenvalue weighted by molar-refractivity contribution is -0.145. The first-order valence-corrected chi connectivity index (χ1v) is 7.14. The van der Waals surface area contributed by atoms with Crippen LogP contribution >= 0.6 is 0 Å². The highest BCUT2D eigenvalue weighted by Crippen LogP contribution is 2.67. The molecule has 2 fully saturated rings. The van der Waals surface area contributed by atoms with Crippen LogP contribution in [0.4, 0.5) is 4.39 Å². The quantitative estimate of drug-likeness (QED) is 0.863. The zero-order valence-electron chi connectivity index (χ0n) is 11.8. The minimum absolute atomic E-state index is 0.00894. The minimum Gasteiger partial charge on any atom is -0.466 e. The lowest BCUT2D eigenvalue weighted by atomic mass is 9.85. The molecule has 5 atom stereocenters. The lowest BCUT2D eigenvalue weighted by Gasteiger charge is -2.22. The van der Waals surface area contributed by atoms with Crippen LogP contribution in [0.2, 0.25) is 0 Å². The molecule has 2 saturated carbocycles. The third-order valence-corrected chi connectivity index (χ3v) is 4.76. The number of halogens is 1. The maximum atomic E-state index is 13.1. The third kappa shape index (κ3) is 2.11. The number of esters is 1. The number of nitriles is 1. The van der Waals surface area contributed by atoms with Crippen LogP contribution in [0.3, 0.4) is 0 Å². The molecule has 0 bridgehead atoms. The first-order chi connectivity index (χ1) is 10.0. The van der Waals surface area contributed by atoms with Gasteiger partial charge in [-0.3, -0.25) is 4.79 Å². The van der Waals surface area contributed by atoms with Gasteiger partial charge in [-0.2, -0.15) is 5.26 Å². The van der Waals surface area contributed by atoms with E-state index in [1.165, 1.54) is 12.1 Å². The second kappa shape index (κ2) is 4.81. The largest absolute Gasteiger partial charge is 0.466 e. The number of nitrogens with two attached hydrogens (primary N) is 1. The van der Waals surface area contributed by atoms with Crippen LogP contribution in [-0.2, 0) is 9.53 Å². The van der Waals surface area contributed by atoms with Gasteiger partial charge in [-0.15, -0.1) is 0 Å². The molecule has 0 spiro atoms. The molecule has 0 aromatic heterocycles. The van der Waals surface area contributed by atoms with Gasteiger partial charge in [0.05, 0.1) is 18.6 Å². The van der Waals surface area contributed by atoms with E-state index >= 15 is 0 Å². The molecule has 21 heavy (non-hydrogen) atoms. The number of benzene rings is 1. The average molecular weight is 288 g/mol. The van der Waals surface area contributed by atoms with Gasteiger partial charge in [0, 0.05) is 5.92 Å². The van der Waals surface area contributed by atoms with Gasteiger partial charge < -0.3 is 10.5 Å². The molecule has 0 heterocycles. The molecule has 1 aromatic carbocycles. The normalized spacial score (nSPS) is 36.7. The molecule has 2 aliphatic carbocycles. The standard InChI is InChI=1S/C16H17FN2O2/c1-2-21-15(20)13-12-11(7-16(19,8-18)14(12)13)9-3-5-10(17)6-4-9/h3-6,11-14H,2,7,19H2,1H3. The summed E-state index contributed by atoms with van der Waals surface area (Å²) in [6.45, 7) is 2.08. The Kier molecular flexibility index (Phi) is 3.22. The summed E-state index contributed by atoms with van der Waals surface area (Å²) in [7, 11) is 0. The van der Waals surface area contributed by atoms with E-state index in [0.717, 1.165) is 5.56 Å². The first kappa shape index (κ1) is 14.0. The van der Waals surface area contributed by atoms with Crippen molar-refractivity contribution in [2.45, 2.75) is 24.8 Å². The van der Waals surface area contributed by atoms with Crippen LogP contribution in [-0.4, -0.2) is 18.1 Å². The van der Waals surface area contributed by atoms with Crippen molar-refractivity contribution in [2.75, 3.05) is 6.61 Å². The van der Waals surface area contributed by atoms with Crippen molar-refractivity contribution in [3.8, 4) is 6.07 Å². The van der Waals surface area contributed by atoms with E-state index in [4.69, 9.17) is 10.5 Å². The van der Waals surface area contributed by atoms with Crippen molar-refractivity contribution in [1.82, 2.24) is 0 Å². The summed E-state index contributed by atoms with van der Waals surface area (Å²) in [5.41, 5.74) is 6.11. The third-order valence-electron chi connectivity index (χ3n) is 4.76. The van der Waals surface area contributed by atoms with Crippen molar-refractivity contribution in [2.24, 2.45) is 23.5 Å². The van der Waals surface area contributed by atoms with E-state index in [2.05, 4.69) is 6.07 Å². The number of carbonyl (C=O) groups is 1. The van der Waals surface area contributed by atoms with Crippen LogP contribution in [0.15, 0.2) is 24.3 Å². The van der Waals surface area contributed by atoms with E-state index < -0.39 is 5.54 Å². The van der Waals surface area contributed by atoms with Gasteiger partial charge in [-0.25, -0.2) is 4.39 Å². The lowest BCUT2D eigenvalue weighted by Crippen LogP contribution is -2.41. The molecule has 110 valence electrons. The van der Waals surface area contributed by atoms with E-state index in [9.17, 15) is 14.4 Å². The van der Waals surface area contributed by atoms with E-state index in [1.807, 2.05) is 0 Å². The summed E-state index contributed by atoms with van der Waals surface area (Å²) >= 11 is 0. The number of rotatable bonds is 3. The van der Waals surface area contributed by atoms with Gasteiger partial charge in [0.15, 0.2) is 0 Å². The zero-order valence-corrected chi connectivity index (χ0v) is 11.8. The fourth-order valence-electron chi connectivity index (χ4n) is 3.85. The highest BCUT2D eigenvalue weighted by molar-refractivity contribution is 5.78. The van der Waals surface area contributed by atoms with Gasteiger partial charge in [0.25, 0.3) is 0 Å². The van der Waals surface area contributed by atoms with Gasteiger partial charge in [-0.1, -0.05) is 12.1 Å². The Balaban J connectivity index is 1.88. The van der Waals surface area contributed by atoms with Crippen molar-refractivity contribution in [3.05, 3.63) is 35.6 Å². The molecule has 4 nitrogen and oxygen atoms in total. The Labute approximate surface area is 122 Å². The zero-order chi connectivity index (χ0) is 15.2. The number of ether oxygens (including phenoxy) is 1. The molecule has 2 N–H and O–H groups in total. The minimum atomic E-state index is -0.999. The Morgan fingerprint density at radius 1 is 1.52 bits per heavy atom. The monoisotopic (exact) mass is 288 g/mol. The van der Waals surface area contributed by atoms with E-state index in [-0.39, 0.29) is 35.5 Å². The molecule has 5 unspecified atom stereocenters. The van der Waals surface area contributed by atoms with E-state index in [1.54, 1.807) is 19.1 Å². The fourth-order valence-corrected chi connectivity index (χ4v) is 3.85. The maximum absolute atomic E-state index is 13.1. The maximum Gasteiger partial charge on any atom is 0.309 e. The van der Waals surface area contributed by atoms with Crippen LogP contribution in [0.5, 0.6) is 0 Å². The van der Waals surface area contributed by atoms with Gasteiger partial charge in [-0.05, 0) is 42.9 Å². The number of carbonyl (C=O) groups excluding carboxylic acids is 1. The molecular formula is C16H17FN2O2. The van der Waals surface area contributed by atoms with Crippen LogP contribution in [0.1, 0.15) is 24.8 Å². The molecule has 0 aliphatic heterocycles. The van der Waals surface area contributed by atoms with E-state index in [0.29, 0.717) is 13.0 Å². The molecule has 0 saturated heterocycles. The summed E-state index contributed by atoms with van der Waals surface area (Å²) in [5, 5.41) is 9.37. The SMILES string of the molecule is CCOC(=O)C1C2C(c3ccc(F)cc3)CC(N)(C#N)C12. The summed E-state index contributed by atoms with van der Waals surface area (Å²) in [6, 6.07) is 8.38. The summed E-state index contributed by atoms with van der Waals surface area (Å²) < 4.78 is 18.1. The predicted molar refractivity (Wildman–Crippen MR) is 73.4 cm³/mol. The average Bonchev–Trinajstić information content (AvgIpc) is 3.15. The predicted octanol–water partition coefficient (Wildman–Crippen LogP) is 1.96. The van der Waals surface area contributed by atoms with Crippen molar-refractivity contribution in [1.29, 1.82) is 5.26 Å². The van der Waals surface area contributed by atoms with Gasteiger partial charge in [0.2, 0.25) is 0 Å². The molecular weight excluding hydrogens is 271 g/mol. The smallest absolute Gasteiger partial charge is 0.309 e. The van der Waals surface area contributed by atoms with Crippen molar-refractivity contribution in [3.63, 3.8) is 0 Å². The van der Waals surface area contributed by atoms with Gasteiger partial charge >= 0.3 is 5.97 Å². The second-order valence-electron chi connectivity index (χ2n) is 5.90. The van der Waals surface area contributed by atoms with Crippen LogP contribution < -0.4 is 5.73 Å². The Hall–Kier alpha value is -1.93. The number of fused-ring (bicyclic) bond motifs is 1. The number of hydrogen-bond donors (Lipinski definition) is 1. The fraction of sp³-hybridized carbons (Fsp3) is 0.500. The summed E-state index contributed by atoms with van der Waals surface area (Å²) in [5.74, 6) is -1.00. The van der Waals surface area contributed by atoms with Crippen molar-refractivity contribution < 1.29 is 13.9 Å². The van der Waals surface area contributed by atoms with Crippen LogP contribution in [0.25, 0.3) is 0 Å². The summed E-state index contributed by atoms with van der Waals surface area (Å²) in [4.78, 5) is 12.0. The molecule has 0 radical (unpaired) electrons. The molecule has 5 heteroatoms. The Morgan fingerprint density at radius 2 is 2.19 bits per heavy atom. The molecule has 1 aromatic rings. The highest BCUT2D eigenvalue weighted by atomic mass is 19.1.